The van der Waals surface area contributed by atoms with Gasteiger partial charge in [0, 0.05) is 45.3 Å². The molecule has 0 radical (unpaired) electrons. The second-order valence-electron chi connectivity index (χ2n) is 8.61. The molecule has 166 valence electrons. The van der Waals surface area contributed by atoms with Crippen LogP contribution < -0.4 is 20.5 Å². The third kappa shape index (κ3) is 4.50. The maximum absolute atomic E-state index is 13.2. The van der Waals surface area contributed by atoms with Crippen LogP contribution in [-0.4, -0.2) is 67.2 Å². The van der Waals surface area contributed by atoms with Crippen LogP contribution in [0.15, 0.2) is 30.5 Å². The van der Waals surface area contributed by atoms with Gasteiger partial charge in [0.05, 0.1) is 25.3 Å². The Hall–Kier alpha value is -2.71. The second kappa shape index (κ2) is 9.20. The molecule has 0 bridgehead atoms. The van der Waals surface area contributed by atoms with Gasteiger partial charge in [-0.15, -0.1) is 0 Å². The molecule has 4 rings (SSSR count). The Kier molecular flexibility index (Phi) is 6.38. The molecule has 0 aliphatic carbocycles. The van der Waals surface area contributed by atoms with Crippen molar-refractivity contribution in [1.29, 1.82) is 0 Å². The van der Waals surface area contributed by atoms with Crippen LogP contribution in [0, 0.1) is 6.92 Å². The van der Waals surface area contributed by atoms with Crippen LogP contribution in [0.1, 0.15) is 35.6 Å². The number of nitrogens with one attached hydrogen (secondary N) is 2. The SMILES string of the molecule is COc1ccc(CC(=O)N2CCCC2C2NNCC2c2ccnc(N(C)C)n2)cc1C. The summed E-state index contributed by atoms with van der Waals surface area (Å²) < 4.78 is 5.34. The number of aryl methyl sites for hydroxylation is 1. The van der Waals surface area contributed by atoms with E-state index in [1.54, 1.807) is 7.11 Å². The summed E-state index contributed by atoms with van der Waals surface area (Å²) in [4.78, 5) is 26.3. The Labute approximate surface area is 184 Å². The molecule has 31 heavy (non-hydrogen) atoms. The lowest BCUT2D eigenvalue weighted by Gasteiger charge is -2.32. The average Bonchev–Trinajstić information content (AvgIpc) is 3.43. The molecule has 2 aliphatic heterocycles. The molecule has 3 atom stereocenters. The normalized spacial score (nSPS) is 23.2. The van der Waals surface area contributed by atoms with Crippen molar-refractivity contribution in [1.82, 2.24) is 25.7 Å². The smallest absolute Gasteiger partial charge is 0.227 e. The van der Waals surface area contributed by atoms with Crippen LogP contribution in [0.2, 0.25) is 0 Å². The van der Waals surface area contributed by atoms with Crippen LogP contribution in [0.3, 0.4) is 0 Å². The lowest BCUT2D eigenvalue weighted by atomic mass is 9.90. The van der Waals surface area contributed by atoms with Gasteiger partial charge in [-0.2, -0.15) is 0 Å². The fourth-order valence-corrected chi connectivity index (χ4v) is 4.75. The Morgan fingerprint density at radius 2 is 2.16 bits per heavy atom. The van der Waals surface area contributed by atoms with Crippen molar-refractivity contribution in [3.63, 3.8) is 0 Å². The first-order valence-electron chi connectivity index (χ1n) is 10.9. The Bertz CT molecular complexity index is 934. The number of amides is 1. The highest BCUT2D eigenvalue weighted by molar-refractivity contribution is 5.79. The minimum absolute atomic E-state index is 0.119. The van der Waals surface area contributed by atoms with E-state index in [0.717, 1.165) is 48.5 Å². The van der Waals surface area contributed by atoms with Gasteiger partial charge in [-0.05, 0) is 43.0 Å². The number of nitrogens with zero attached hydrogens (tertiary/aromatic N) is 4. The molecule has 2 aliphatic rings. The predicted octanol–water partition coefficient (Wildman–Crippen LogP) is 1.65. The van der Waals surface area contributed by atoms with Gasteiger partial charge < -0.3 is 14.5 Å². The van der Waals surface area contributed by atoms with Gasteiger partial charge in [0.2, 0.25) is 11.9 Å². The molecule has 3 heterocycles. The number of hydrogen-bond acceptors (Lipinski definition) is 7. The molecule has 2 aromatic rings. The van der Waals surface area contributed by atoms with Crippen LogP contribution in [0.4, 0.5) is 5.95 Å². The van der Waals surface area contributed by atoms with E-state index >= 15 is 0 Å². The number of anilines is 1. The van der Waals surface area contributed by atoms with Gasteiger partial charge in [0.1, 0.15) is 5.75 Å². The van der Waals surface area contributed by atoms with Gasteiger partial charge >= 0.3 is 0 Å². The minimum atomic E-state index is 0.119. The van der Waals surface area contributed by atoms with Crippen LogP contribution >= 0.6 is 0 Å². The van der Waals surface area contributed by atoms with Gasteiger partial charge in [0.25, 0.3) is 0 Å². The van der Waals surface area contributed by atoms with E-state index in [-0.39, 0.29) is 23.9 Å². The van der Waals surface area contributed by atoms with E-state index < -0.39 is 0 Å². The molecule has 8 nitrogen and oxygen atoms in total. The highest BCUT2D eigenvalue weighted by Gasteiger charge is 2.42. The third-order valence-electron chi connectivity index (χ3n) is 6.32. The number of ether oxygens (including phenoxy) is 1. The average molecular weight is 425 g/mol. The Morgan fingerprint density at radius 3 is 2.90 bits per heavy atom. The maximum Gasteiger partial charge on any atom is 0.227 e. The molecule has 1 amide bonds. The zero-order valence-electron chi connectivity index (χ0n) is 18.8. The molecule has 2 saturated heterocycles. The molecule has 0 spiro atoms. The quantitative estimate of drug-likeness (QED) is 0.730. The fraction of sp³-hybridized carbons (Fsp3) is 0.522. The molecule has 1 aromatic heterocycles. The number of hydrogen-bond donors (Lipinski definition) is 2. The van der Waals surface area contributed by atoms with Gasteiger partial charge in [-0.1, -0.05) is 12.1 Å². The van der Waals surface area contributed by atoms with Crippen molar-refractivity contribution in [2.45, 2.75) is 44.2 Å². The van der Waals surface area contributed by atoms with E-state index in [9.17, 15) is 4.79 Å². The number of aromatic nitrogens is 2. The summed E-state index contributed by atoms with van der Waals surface area (Å²) in [6.07, 6.45) is 4.24. The number of likely N-dealkylation sites (tertiary alicyclic amines) is 1. The predicted molar refractivity (Wildman–Crippen MR) is 120 cm³/mol. The highest BCUT2D eigenvalue weighted by Crippen LogP contribution is 2.31. The van der Waals surface area contributed by atoms with E-state index in [4.69, 9.17) is 9.72 Å². The van der Waals surface area contributed by atoms with Crippen molar-refractivity contribution < 1.29 is 9.53 Å². The van der Waals surface area contributed by atoms with Gasteiger partial charge in [-0.25, -0.2) is 9.97 Å². The van der Waals surface area contributed by atoms with Crippen molar-refractivity contribution in [2.24, 2.45) is 0 Å². The minimum Gasteiger partial charge on any atom is -0.496 e. The molecule has 8 heteroatoms. The van der Waals surface area contributed by atoms with Crippen molar-refractivity contribution >= 4 is 11.9 Å². The van der Waals surface area contributed by atoms with E-state index in [1.807, 2.05) is 56.4 Å². The van der Waals surface area contributed by atoms with E-state index in [2.05, 4.69) is 20.7 Å². The van der Waals surface area contributed by atoms with Crippen molar-refractivity contribution in [3.05, 3.63) is 47.3 Å². The first-order chi connectivity index (χ1) is 15.0. The molecule has 2 N–H and O–H groups in total. The summed E-state index contributed by atoms with van der Waals surface area (Å²) in [6, 6.07) is 8.22. The first-order valence-corrected chi connectivity index (χ1v) is 10.9. The fourth-order valence-electron chi connectivity index (χ4n) is 4.75. The summed E-state index contributed by atoms with van der Waals surface area (Å²) in [6.45, 7) is 3.59. The first kappa shape index (κ1) is 21.5. The highest BCUT2D eigenvalue weighted by atomic mass is 16.5. The lowest BCUT2D eigenvalue weighted by Crippen LogP contribution is -2.50. The lowest BCUT2D eigenvalue weighted by molar-refractivity contribution is -0.131. The molecule has 0 saturated carbocycles. The van der Waals surface area contributed by atoms with E-state index in [1.165, 1.54) is 0 Å². The Balaban J connectivity index is 1.50. The van der Waals surface area contributed by atoms with Crippen LogP contribution in [0.5, 0.6) is 5.75 Å². The number of hydrazine groups is 1. The summed E-state index contributed by atoms with van der Waals surface area (Å²) in [5.41, 5.74) is 9.81. The largest absolute Gasteiger partial charge is 0.496 e. The standard InChI is InChI=1S/C23H32N6O2/c1-15-12-16(7-8-20(15)31-4)13-21(30)29-11-5-6-19(29)22-17(14-25-27-22)18-9-10-24-23(26-18)28(2)3/h7-10,12,17,19,22,25,27H,5-6,11,13-14H2,1-4H3. The second-order valence-corrected chi connectivity index (χ2v) is 8.61. The van der Waals surface area contributed by atoms with Crippen LogP contribution in [-0.2, 0) is 11.2 Å². The summed E-state index contributed by atoms with van der Waals surface area (Å²) in [5, 5.41) is 0. The zero-order chi connectivity index (χ0) is 22.0. The van der Waals surface area contributed by atoms with E-state index in [0.29, 0.717) is 12.4 Å². The Morgan fingerprint density at radius 1 is 1.32 bits per heavy atom. The van der Waals surface area contributed by atoms with Gasteiger partial charge in [-0.3, -0.25) is 15.6 Å². The van der Waals surface area contributed by atoms with Crippen LogP contribution in [0.25, 0.3) is 0 Å². The summed E-state index contributed by atoms with van der Waals surface area (Å²) in [5.74, 6) is 1.91. The maximum atomic E-state index is 13.2. The topological polar surface area (TPSA) is 82.6 Å². The van der Waals surface area contributed by atoms with Gasteiger partial charge in [0.15, 0.2) is 0 Å². The third-order valence-corrected chi connectivity index (χ3v) is 6.32. The van der Waals surface area contributed by atoms with Crippen molar-refractivity contribution in [2.75, 3.05) is 39.2 Å². The molecular formula is C23H32N6O2. The number of methoxy groups -OCH3 is 1. The monoisotopic (exact) mass is 424 g/mol. The van der Waals surface area contributed by atoms with Crippen molar-refractivity contribution in [3.8, 4) is 5.75 Å². The molecule has 2 fully saturated rings. The molecular weight excluding hydrogens is 392 g/mol. The number of carbonyl (C=O) groups excluding carboxylic acids is 1. The number of benzene rings is 1. The zero-order valence-corrected chi connectivity index (χ0v) is 18.8. The summed E-state index contributed by atoms with van der Waals surface area (Å²) >= 11 is 0. The molecule has 1 aromatic carbocycles. The number of carbonyl (C=O) groups is 1. The number of rotatable bonds is 6. The molecule has 3 unspecified atom stereocenters. The summed E-state index contributed by atoms with van der Waals surface area (Å²) in [7, 11) is 5.56.